The van der Waals surface area contributed by atoms with Crippen molar-refractivity contribution in [3.05, 3.63) is 71.0 Å². The molecule has 0 heterocycles. The Balaban J connectivity index is 2.24. The minimum atomic E-state index is -4.66. The van der Waals surface area contributed by atoms with E-state index < -0.39 is 53.8 Å². The van der Waals surface area contributed by atoms with Gasteiger partial charge in [0, 0.05) is 19.8 Å². The SMILES string of the molecule is CC(=O)N[C@@H](Cc1ccccc1F)C(=O)N[C@H](Cc1ccccc1C(F)(F)F)C(N)=O. The summed E-state index contributed by atoms with van der Waals surface area (Å²) in [6, 6.07) is 7.44. The molecule has 0 aromatic heterocycles. The molecule has 166 valence electrons. The summed E-state index contributed by atoms with van der Waals surface area (Å²) in [6.45, 7) is 1.15. The van der Waals surface area contributed by atoms with E-state index in [2.05, 4.69) is 10.6 Å². The average molecular weight is 439 g/mol. The van der Waals surface area contributed by atoms with Crippen molar-refractivity contribution < 1.29 is 31.9 Å². The summed E-state index contributed by atoms with van der Waals surface area (Å²) < 4.78 is 53.6. The van der Waals surface area contributed by atoms with Crippen LogP contribution in [0.3, 0.4) is 0 Å². The molecular formula is C21H21F4N3O3. The molecule has 0 saturated carbocycles. The van der Waals surface area contributed by atoms with E-state index in [0.717, 1.165) is 13.0 Å². The lowest BCUT2D eigenvalue weighted by molar-refractivity contribution is -0.138. The number of primary amides is 1. The van der Waals surface area contributed by atoms with Crippen molar-refractivity contribution in [1.29, 1.82) is 0 Å². The molecule has 31 heavy (non-hydrogen) atoms. The van der Waals surface area contributed by atoms with E-state index in [1.165, 1.54) is 36.4 Å². The second-order valence-electron chi connectivity index (χ2n) is 6.87. The van der Waals surface area contributed by atoms with E-state index in [4.69, 9.17) is 5.73 Å². The molecule has 0 aliphatic rings. The van der Waals surface area contributed by atoms with Gasteiger partial charge >= 0.3 is 6.18 Å². The fourth-order valence-electron chi connectivity index (χ4n) is 3.03. The normalized spacial score (nSPS) is 13.2. The molecular weight excluding hydrogens is 418 g/mol. The zero-order chi connectivity index (χ0) is 23.2. The third-order valence-electron chi connectivity index (χ3n) is 4.48. The van der Waals surface area contributed by atoms with Gasteiger partial charge in [-0.15, -0.1) is 0 Å². The van der Waals surface area contributed by atoms with E-state index in [1.807, 2.05) is 0 Å². The largest absolute Gasteiger partial charge is 0.416 e. The van der Waals surface area contributed by atoms with Crippen LogP contribution in [0.4, 0.5) is 17.6 Å². The molecule has 6 nitrogen and oxygen atoms in total. The molecule has 2 atom stereocenters. The van der Waals surface area contributed by atoms with E-state index >= 15 is 0 Å². The number of nitrogens with one attached hydrogen (secondary N) is 2. The lowest BCUT2D eigenvalue weighted by Gasteiger charge is -2.23. The highest BCUT2D eigenvalue weighted by molar-refractivity contribution is 5.91. The monoisotopic (exact) mass is 439 g/mol. The van der Waals surface area contributed by atoms with Crippen molar-refractivity contribution in [2.75, 3.05) is 0 Å². The number of halogens is 4. The van der Waals surface area contributed by atoms with Gasteiger partial charge in [0.2, 0.25) is 17.7 Å². The topological polar surface area (TPSA) is 101 Å². The molecule has 0 bridgehead atoms. The quantitative estimate of drug-likeness (QED) is 0.549. The summed E-state index contributed by atoms with van der Waals surface area (Å²) in [7, 11) is 0. The predicted molar refractivity (Wildman–Crippen MR) is 104 cm³/mol. The van der Waals surface area contributed by atoms with Gasteiger partial charge in [-0.05, 0) is 23.3 Å². The third kappa shape index (κ3) is 6.80. The van der Waals surface area contributed by atoms with Crippen molar-refractivity contribution in [2.24, 2.45) is 5.73 Å². The van der Waals surface area contributed by atoms with Crippen LogP contribution in [0.5, 0.6) is 0 Å². The molecule has 0 unspecified atom stereocenters. The lowest BCUT2D eigenvalue weighted by atomic mass is 9.98. The molecule has 0 fully saturated rings. The van der Waals surface area contributed by atoms with Gasteiger partial charge in [-0.2, -0.15) is 13.2 Å². The highest BCUT2D eigenvalue weighted by atomic mass is 19.4. The van der Waals surface area contributed by atoms with Gasteiger partial charge in [-0.1, -0.05) is 36.4 Å². The minimum Gasteiger partial charge on any atom is -0.368 e. The molecule has 2 rings (SSSR count). The highest BCUT2D eigenvalue weighted by Crippen LogP contribution is 2.32. The van der Waals surface area contributed by atoms with Crippen LogP contribution in [0, 0.1) is 5.82 Å². The van der Waals surface area contributed by atoms with Crippen molar-refractivity contribution in [3.63, 3.8) is 0 Å². The smallest absolute Gasteiger partial charge is 0.368 e. The van der Waals surface area contributed by atoms with Gasteiger partial charge < -0.3 is 16.4 Å². The molecule has 4 N–H and O–H groups in total. The molecule has 0 spiro atoms. The van der Waals surface area contributed by atoms with Crippen LogP contribution in [0.2, 0.25) is 0 Å². The first kappa shape index (κ1) is 23.8. The average Bonchev–Trinajstić information content (AvgIpc) is 2.67. The number of carbonyl (C=O) groups excluding carboxylic acids is 3. The molecule has 2 aromatic carbocycles. The van der Waals surface area contributed by atoms with Crippen LogP contribution in [0.15, 0.2) is 48.5 Å². The number of hydrogen-bond donors (Lipinski definition) is 3. The minimum absolute atomic E-state index is 0.134. The van der Waals surface area contributed by atoms with Crippen LogP contribution in [0.1, 0.15) is 23.6 Å². The Morgan fingerprint density at radius 3 is 2.00 bits per heavy atom. The van der Waals surface area contributed by atoms with E-state index in [-0.39, 0.29) is 17.5 Å². The zero-order valence-corrected chi connectivity index (χ0v) is 16.5. The van der Waals surface area contributed by atoms with Gasteiger partial charge in [-0.3, -0.25) is 14.4 Å². The van der Waals surface area contributed by atoms with E-state index in [0.29, 0.717) is 0 Å². The molecule has 3 amide bonds. The van der Waals surface area contributed by atoms with Crippen molar-refractivity contribution in [1.82, 2.24) is 10.6 Å². The van der Waals surface area contributed by atoms with Crippen LogP contribution < -0.4 is 16.4 Å². The lowest BCUT2D eigenvalue weighted by Crippen LogP contribution is -2.54. The van der Waals surface area contributed by atoms with Crippen LogP contribution >= 0.6 is 0 Å². The molecule has 2 aromatic rings. The Hall–Kier alpha value is -3.43. The second-order valence-corrected chi connectivity index (χ2v) is 6.87. The zero-order valence-electron chi connectivity index (χ0n) is 16.5. The Labute approximate surface area is 175 Å². The van der Waals surface area contributed by atoms with Gasteiger partial charge in [0.15, 0.2) is 0 Å². The maximum absolute atomic E-state index is 14.0. The summed E-state index contributed by atoms with van der Waals surface area (Å²) >= 11 is 0. The Bertz CT molecular complexity index is 963. The van der Waals surface area contributed by atoms with Crippen LogP contribution in [0.25, 0.3) is 0 Å². The summed E-state index contributed by atoms with van der Waals surface area (Å²) in [6.07, 6.45) is -5.40. The molecule has 0 aliphatic carbocycles. The fraction of sp³-hybridized carbons (Fsp3) is 0.286. The number of alkyl halides is 3. The maximum Gasteiger partial charge on any atom is 0.416 e. The van der Waals surface area contributed by atoms with Crippen LogP contribution in [-0.4, -0.2) is 29.8 Å². The number of amides is 3. The fourth-order valence-corrected chi connectivity index (χ4v) is 3.03. The number of hydrogen-bond acceptors (Lipinski definition) is 3. The number of carbonyl (C=O) groups is 3. The van der Waals surface area contributed by atoms with Gasteiger partial charge in [-0.25, -0.2) is 4.39 Å². The van der Waals surface area contributed by atoms with E-state index in [1.54, 1.807) is 6.07 Å². The molecule has 0 radical (unpaired) electrons. The first-order valence-corrected chi connectivity index (χ1v) is 9.24. The second kappa shape index (κ2) is 10.1. The van der Waals surface area contributed by atoms with Gasteiger partial charge in [0.25, 0.3) is 0 Å². The summed E-state index contributed by atoms with van der Waals surface area (Å²) in [4.78, 5) is 36.0. The Morgan fingerprint density at radius 2 is 1.45 bits per heavy atom. The molecule has 10 heteroatoms. The first-order valence-electron chi connectivity index (χ1n) is 9.24. The van der Waals surface area contributed by atoms with Crippen molar-refractivity contribution in [3.8, 4) is 0 Å². The standard InChI is InChI=1S/C21H21F4N3O3/c1-12(29)27-18(11-14-7-3-5-9-16(14)22)20(31)28-17(19(26)30)10-13-6-2-4-8-15(13)21(23,24)25/h2-9,17-18H,10-11H2,1H3,(H2,26,30)(H,27,29)(H,28,31)/t17-,18+/m1/s1. The number of benzene rings is 2. The van der Waals surface area contributed by atoms with Crippen molar-refractivity contribution >= 4 is 17.7 Å². The van der Waals surface area contributed by atoms with Gasteiger partial charge in [0.1, 0.15) is 17.9 Å². The summed E-state index contributed by atoms with van der Waals surface area (Å²) in [5.74, 6) is -3.13. The third-order valence-corrected chi connectivity index (χ3v) is 4.48. The number of rotatable bonds is 8. The van der Waals surface area contributed by atoms with Gasteiger partial charge in [0.05, 0.1) is 5.56 Å². The first-order chi connectivity index (χ1) is 14.5. The predicted octanol–water partition coefficient (Wildman–Crippen LogP) is 2.10. The summed E-state index contributed by atoms with van der Waals surface area (Å²) in [5, 5.41) is 4.62. The Morgan fingerprint density at radius 1 is 0.903 bits per heavy atom. The Kier molecular flexibility index (Phi) is 7.73. The van der Waals surface area contributed by atoms with E-state index in [9.17, 15) is 31.9 Å². The maximum atomic E-state index is 14.0. The highest BCUT2D eigenvalue weighted by Gasteiger charge is 2.34. The number of nitrogens with two attached hydrogens (primary N) is 1. The molecule has 0 aliphatic heterocycles. The summed E-state index contributed by atoms with van der Waals surface area (Å²) in [5.41, 5.74) is 4.23. The van der Waals surface area contributed by atoms with Crippen molar-refractivity contribution in [2.45, 2.75) is 38.0 Å². The van der Waals surface area contributed by atoms with Crippen LogP contribution in [-0.2, 0) is 33.4 Å². The molecule has 0 saturated heterocycles.